The van der Waals surface area contributed by atoms with Gasteiger partial charge in [0.15, 0.2) is 0 Å². The highest BCUT2D eigenvalue weighted by Crippen LogP contribution is 2.27. The Morgan fingerprint density at radius 1 is 0.889 bits per heavy atom. The number of hydrogen-bond donors (Lipinski definition) is 0. The van der Waals surface area contributed by atoms with Crippen molar-refractivity contribution in [1.82, 2.24) is 9.97 Å². The first-order valence-corrected chi connectivity index (χ1v) is 10.2. The van der Waals surface area contributed by atoms with Crippen LogP contribution in [0, 0.1) is 19.8 Å². The molecule has 2 aromatic rings. The molecule has 0 saturated carbocycles. The number of aromatic nitrogens is 2. The molecule has 1 atom stereocenters. The Morgan fingerprint density at radius 2 is 1.59 bits per heavy atom. The summed E-state index contributed by atoms with van der Waals surface area (Å²) in [4.78, 5) is 16.5. The average molecular weight is 366 g/mol. The van der Waals surface area contributed by atoms with Gasteiger partial charge in [0.1, 0.15) is 18.0 Å². The normalized spacial score (nSPS) is 20.9. The monoisotopic (exact) mass is 365 g/mol. The number of rotatable bonds is 3. The van der Waals surface area contributed by atoms with Gasteiger partial charge in [-0.15, -0.1) is 0 Å². The maximum atomic E-state index is 4.58. The van der Waals surface area contributed by atoms with E-state index in [1.165, 1.54) is 29.7 Å². The summed E-state index contributed by atoms with van der Waals surface area (Å²) in [5.41, 5.74) is 4.14. The van der Waals surface area contributed by atoms with E-state index in [0.29, 0.717) is 0 Å². The molecule has 1 aromatic carbocycles. The molecular formula is C22H31N5. The van der Waals surface area contributed by atoms with Gasteiger partial charge in [0, 0.05) is 51.0 Å². The second-order valence-corrected chi connectivity index (χ2v) is 8.12. The van der Waals surface area contributed by atoms with Crippen LogP contribution in [-0.4, -0.2) is 49.2 Å². The number of hydrogen-bond acceptors (Lipinski definition) is 5. The number of anilines is 3. The van der Waals surface area contributed by atoms with Crippen molar-refractivity contribution in [3.8, 4) is 0 Å². The molecule has 0 radical (unpaired) electrons. The van der Waals surface area contributed by atoms with Gasteiger partial charge >= 0.3 is 0 Å². The van der Waals surface area contributed by atoms with Gasteiger partial charge in [-0.25, -0.2) is 9.97 Å². The Morgan fingerprint density at radius 3 is 2.33 bits per heavy atom. The van der Waals surface area contributed by atoms with Gasteiger partial charge in [0.25, 0.3) is 0 Å². The third-order valence-corrected chi connectivity index (χ3v) is 6.14. The summed E-state index contributed by atoms with van der Waals surface area (Å²) in [6.07, 6.45) is 4.32. The van der Waals surface area contributed by atoms with Gasteiger partial charge in [-0.2, -0.15) is 0 Å². The molecule has 0 N–H and O–H groups in total. The van der Waals surface area contributed by atoms with E-state index in [9.17, 15) is 0 Å². The zero-order valence-corrected chi connectivity index (χ0v) is 16.9. The van der Waals surface area contributed by atoms with Crippen LogP contribution in [0.5, 0.6) is 0 Å². The summed E-state index contributed by atoms with van der Waals surface area (Å²) in [7, 11) is 0. The van der Waals surface area contributed by atoms with E-state index in [0.717, 1.165) is 56.8 Å². The number of aryl methyl sites for hydroxylation is 1. The maximum absolute atomic E-state index is 4.58. The van der Waals surface area contributed by atoms with Crippen molar-refractivity contribution in [3.05, 3.63) is 41.7 Å². The number of piperazine rings is 1. The van der Waals surface area contributed by atoms with Crippen LogP contribution in [0.3, 0.4) is 0 Å². The number of benzene rings is 1. The molecule has 3 heterocycles. The van der Waals surface area contributed by atoms with Crippen LogP contribution in [0.4, 0.5) is 17.3 Å². The lowest BCUT2D eigenvalue weighted by Crippen LogP contribution is -2.47. The van der Waals surface area contributed by atoms with Crippen LogP contribution in [0.1, 0.15) is 30.9 Å². The molecule has 0 bridgehead atoms. The third kappa shape index (κ3) is 3.87. The molecule has 2 aliphatic heterocycles. The Hall–Kier alpha value is -2.30. The average Bonchev–Trinajstić information content (AvgIpc) is 2.70. The van der Waals surface area contributed by atoms with E-state index < -0.39 is 0 Å². The lowest BCUT2D eigenvalue weighted by molar-refractivity contribution is 0.444. The maximum Gasteiger partial charge on any atom is 0.134 e. The van der Waals surface area contributed by atoms with E-state index in [1.54, 1.807) is 6.33 Å². The Bertz CT molecular complexity index is 782. The summed E-state index contributed by atoms with van der Waals surface area (Å²) >= 11 is 0. The lowest BCUT2D eigenvalue weighted by atomic mass is 10.0. The predicted octanol–water partition coefficient (Wildman–Crippen LogP) is 3.66. The fourth-order valence-electron chi connectivity index (χ4n) is 4.34. The molecule has 0 aliphatic carbocycles. The van der Waals surface area contributed by atoms with Gasteiger partial charge in [0.05, 0.1) is 0 Å². The van der Waals surface area contributed by atoms with Gasteiger partial charge in [-0.1, -0.05) is 19.1 Å². The van der Waals surface area contributed by atoms with Crippen LogP contribution in [-0.2, 0) is 0 Å². The molecule has 5 heteroatoms. The molecule has 4 rings (SSSR count). The smallest absolute Gasteiger partial charge is 0.134 e. The van der Waals surface area contributed by atoms with Crippen molar-refractivity contribution in [3.63, 3.8) is 0 Å². The van der Waals surface area contributed by atoms with Crippen molar-refractivity contribution in [2.75, 3.05) is 54.0 Å². The summed E-state index contributed by atoms with van der Waals surface area (Å²) in [6.45, 7) is 13.0. The summed E-state index contributed by atoms with van der Waals surface area (Å²) in [5.74, 6) is 2.90. The van der Waals surface area contributed by atoms with E-state index >= 15 is 0 Å². The molecule has 5 nitrogen and oxygen atoms in total. The third-order valence-electron chi connectivity index (χ3n) is 6.14. The molecule has 2 fully saturated rings. The van der Waals surface area contributed by atoms with Crippen LogP contribution >= 0.6 is 0 Å². The SMILES string of the molecule is Cc1cccc(N2CCN(c3cc(N4CCCC(C)C4)ncn3)CC2)c1C. The van der Waals surface area contributed by atoms with Crippen molar-refractivity contribution in [2.45, 2.75) is 33.6 Å². The Labute approximate surface area is 163 Å². The van der Waals surface area contributed by atoms with Crippen LogP contribution in [0.15, 0.2) is 30.6 Å². The van der Waals surface area contributed by atoms with Gasteiger partial charge in [-0.3, -0.25) is 0 Å². The van der Waals surface area contributed by atoms with Crippen molar-refractivity contribution < 1.29 is 0 Å². The first-order valence-electron chi connectivity index (χ1n) is 10.2. The van der Waals surface area contributed by atoms with Crippen molar-refractivity contribution in [1.29, 1.82) is 0 Å². The second-order valence-electron chi connectivity index (χ2n) is 8.12. The second kappa shape index (κ2) is 7.75. The molecule has 144 valence electrons. The van der Waals surface area contributed by atoms with Crippen molar-refractivity contribution in [2.24, 2.45) is 5.92 Å². The van der Waals surface area contributed by atoms with E-state index in [1.807, 2.05) is 0 Å². The Balaban J connectivity index is 1.44. The minimum absolute atomic E-state index is 0.748. The topological polar surface area (TPSA) is 35.5 Å². The fraction of sp³-hybridized carbons (Fsp3) is 0.545. The standard InChI is InChI=1S/C22H31N5/c1-17-6-5-9-27(15-17)22-14-21(23-16-24-22)26-12-10-25(11-13-26)20-8-4-7-18(2)19(20)3/h4,7-8,14,16-17H,5-6,9-13,15H2,1-3H3. The van der Waals surface area contributed by atoms with Gasteiger partial charge in [-0.05, 0) is 49.8 Å². The first-order chi connectivity index (χ1) is 13.1. The quantitative estimate of drug-likeness (QED) is 0.829. The molecular weight excluding hydrogens is 334 g/mol. The Kier molecular flexibility index (Phi) is 5.19. The van der Waals surface area contributed by atoms with Gasteiger partial charge < -0.3 is 14.7 Å². The molecule has 0 spiro atoms. The van der Waals surface area contributed by atoms with Crippen molar-refractivity contribution >= 4 is 17.3 Å². The first kappa shape index (κ1) is 18.1. The zero-order chi connectivity index (χ0) is 18.8. The minimum atomic E-state index is 0.748. The lowest BCUT2D eigenvalue weighted by Gasteiger charge is -2.38. The van der Waals surface area contributed by atoms with E-state index in [-0.39, 0.29) is 0 Å². The highest BCUT2D eigenvalue weighted by Gasteiger charge is 2.22. The minimum Gasteiger partial charge on any atom is -0.368 e. The number of piperidine rings is 1. The highest BCUT2D eigenvalue weighted by molar-refractivity contribution is 5.58. The molecule has 2 aliphatic rings. The number of nitrogens with zero attached hydrogens (tertiary/aromatic N) is 5. The largest absolute Gasteiger partial charge is 0.368 e. The summed E-state index contributed by atoms with van der Waals surface area (Å²) < 4.78 is 0. The van der Waals surface area contributed by atoms with Crippen LogP contribution in [0.25, 0.3) is 0 Å². The molecule has 0 amide bonds. The highest BCUT2D eigenvalue weighted by atomic mass is 15.3. The fourth-order valence-corrected chi connectivity index (χ4v) is 4.34. The summed E-state index contributed by atoms with van der Waals surface area (Å²) in [6, 6.07) is 8.79. The molecule has 2 saturated heterocycles. The van der Waals surface area contributed by atoms with E-state index in [2.05, 4.69) is 69.7 Å². The predicted molar refractivity (Wildman–Crippen MR) is 113 cm³/mol. The van der Waals surface area contributed by atoms with Crippen LogP contribution < -0.4 is 14.7 Å². The summed E-state index contributed by atoms with van der Waals surface area (Å²) in [5, 5.41) is 0. The van der Waals surface area contributed by atoms with E-state index in [4.69, 9.17) is 0 Å². The zero-order valence-electron chi connectivity index (χ0n) is 16.9. The van der Waals surface area contributed by atoms with Gasteiger partial charge in [0.2, 0.25) is 0 Å². The molecule has 27 heavy (non-hydrogen) atoms. The van der Waals surface area contributed by atoms with Crippen LogP contribution in [0.2, 0.25) is 0 Å². The molecule has 1 aromatic heterocycles. The molecule has 1 unspecified atom stereocenters.